The zero-order valence-corrected chi connectivity index (χ0v) is 17.9. The first-order valence-electron chi connectivity index (χ1n) is 10.8. The Bertz CT molecular complexity index is 1170. The number of anilines is 1. The second-order valence-electron chi connectivity index (χ2n) is 8.61. The van der Waals surface area contributed by atoms with Crippen molar-refractivity contribution in [2.24, 2.45) is 5.92 Å². The number of aryl methyl sites for hydroxylation is 1. The van der Waals surface area contributed by atoms with Crippen molar-refractivity contribution in [3.63, 3.8) is 0 Å². The van der Waals surface area contributed by atoms with Crippen LogP contribution in [0.3, 0.4) is 0 Å². The van der Waals surface area contributed by atoms with Crippen LogP contribution < -0.4 is 5.32 Å². The molecular weight excluding hydrogens is 431 g/mol. The maximum Gasteiger partial charge on any atom is 0.417 e. The summed E-state index contributed by atoms with van der Waals surface area (Å²) in [6, 6.07) is 11.3. The monoisotopic (exact) mass is 453 g/mol. The quantitative estimate of drug-likeness (QED) is 0.626. The molecule has 3 atom stereocenters. The summed E-state index contributed by atoms with van der Waals surface area (Å²) >= 11 is 0. The number of fused-ring (bicyclic) bond motifs is 2. The lowest BCUT2D eigenvalue weighted by Crippen LogP contribution is -2.48. The molecule has 170 valence electrons. The molecule has 6 nitrogen and oxygen atoms in total. The van der Waals surface area contributed by atoms with Crippen LogP contribution in [0.4, 0.5) is 19.0 Å². The number of nitrogens with zero attached hydrogens (tertiary/aromatic N) is 4. The number of amides is 1. The zero-order chi connectivity index (χ0) is 23.2. The molecule has 1 aliphatic heterocycles. The third-order valence-electron chi connectivity index (χ3n) is 6.34. The van der Waals surface area contributed by atoms with Crippen LogP contribution in [-0.2, 0) is 6.18 Å². The van der Waals surface area contributed by atoms with E-state index in [9.17, 15) is 18.0 Å². The Balaban J connectivity index is 1.37. The number of alkyl halides is 3. The summed E-state index contributed by atoms with van der Waals surface area (Å²) in [6.07, 6.45) is -0.231. The minimum atomic E-state index is -4.42. The molecule has 0 radical (unpaired) electrons. The van der Waals surface area contributed by atoms with Gasteiger partial charge in [0.25, 0.3) is 5.91 Å². The third-order valence-corrected chi connectivity index (χ3v) is 6.34. The van der Waals surface area contributed by atoms with Gasteiger partial charge in [-0.15, -0.1) is 0 Å². The Labute approximate surface area is 188 Å². The van der Waals surface area contributed by atoms with E-state index in [2.05, 4.69) is 20.3 Å². The molecule has 0 unspecified atom stereocenters. The fourth-order valence-corrected chi connectivity index (χ4v) is 4.83. The van der Waals surface area contributed by atoms with Crippen LogP contribution in [0.15, 0.2) is 54.9 Å². The summed E-state index contributed by atoms with van der Waals surface area (Å²) < 4.78 is 38.4. The van der Waals surface area contributed by atoms with Crippen LogP contribution in [0.1, 0.15) is 34.5 Å². The molecule has 2 fully saturated rings. The van der Waals surface area contributed by atoms with Gasteiger partial charge in [0.15, 0.2) is 0 Å². The first-order chi connectivity index (χ1) is 15.8. The number of rotatable bonds is 4. The van der Waals surface area contributed by atoms with Crippen LogP contribution in [0.2, 0.25) is 0 Å². The largest absolute Gasteiger partial charge is 0.417 e. The van der Waals surface area contributed by atoms with Gasteiger partial charge in [-0.2, -0.15) is 13.2 Å². The Hall–Kier alpha value is -3.49. The summed E-state index contributed by atoms with van der Waals surface area (Å²) in [4.78, 5) is 28.3. The van der Waals surface area contributed by atoms with Crippen molar-refractivity contribution in [2.45, 2.75) is 38.0 Å². The van der Waals surface area contributed by atoms with Gasteiger partial charge in [-0.1, -0.05) is 6.07 Å². The highest BCUT2D eigenvalue weighted by Gasteiger charge is 2.47. The minimum absolute atomic E-state index is 0.0653. The molecule has 4 heterocycles. The number of aromatic nitrogens is 3. The van der Waals surface area contributed by atoms with E-state index < -0.39 is 11.7 Å². The lowest BCUT2D eigenvalue weighted by molar-refractivity contribution is -0.137. The molecule has 1 amide bonds. The number of nitrogens with one attached hydrogen (secondary N) is 1. The lowest BCUT2D eigenvalue weighted by atomic mass is 10.0. The normalized spacial score (nSPS) is 21.9. The first kappa shape index (κ1) is 21.4. The van der Waals surface area contributed by atoms with E-state index in [1.807, 2.05) is 36.1 Å². The molecule has 5 rings (SSSR count). The Morgan fingerprint density at radius 1 is 1.09 bits per heavy atom. The predicted octanol–water partition coefficient (Wildman–Crippen LogP) is 4.58. The van der Waals surface area contributed by atoms with Crippen molar-refractivity contribution < 1.29 is 18.0 Å². The second kappa shape index (κ2) is 8.13. The summed E-state index contributed by atoms with van der Waals surface area (Å²) in [5.41, 5.74) is 1.70. The van der Waals surface area contributed by atoms with Crippen molar-refractivity contribution in [1.29, 1.82) is 0 Å². The number of likely N-dealkylation sites (tertiary alicyclic amines) is 1. The van der Waals surface area contributed by atoms with Gasteiger partial charge in [0, 0.05) is 30.7 Å². The zero-order valence-electron chi connectivity index (χ0n) is 17.9. The molecule has 9 heteroatoms. The van der Waals surface area contributed by atoms with Crippen LogP contribution in [0, 0.1) is 12.8 Å². The molecule has 2 aliphatic rings. The van der Waals surface area contributed by atoms with Crippen LogP contribution in [0.25, 0.3) is 11.4 Å². The summed E-state index contributed by atoms with van der Waals surface area (Å²) in [6.45, 7) is 2.52. The van der Waals surface area contributed by atoms with Crippen molar-refractivity contribution in [1.82, 2.24) is 19.9 Å². The van der Waals surface area contributed by atoms with E-state index in [0.29, 0.717) is 35.2 Å². The molecule has 1 saturated heterocycles. The number of carbonyl (C=O) groups is 1. The van der Waals surface area contributed by atoms with Crippen molar-refractivity contribution in [3.05, 3.63) is 71.7 Å². The van der Waals surface area contributed by atoms with Gasteiger partial charge in [0.2, 0.25) is 0 Å². The SMILES string of the molecule is Cc1ccc(C(=O)N2C[C@H]3C[C@@H](Nc4ccc(C(F)(F)F)cn4)[C@@H]2C3)c(-c2ccccn2)n1. The highest BCUT2D eigenvalue weighted by molar-refractivity contribution is 6.00. The van der Waals surface area contributed by atoms with Crippen molar-refractivity contribution >= 4 is 11.7 Å². The molecule has 0 aromatic carbocycles. The molecule has 33 heavy (non-hydrogen) atoms. The van der Waals surface area contributed by atoms with E-state index in [-0.39, 0.29) is 18.0 Å². The molecular formula is C24H22F3N5O. The molecule has 1 N–H and O–H groups in total. The van der Waals surface area contributed by atoms with Crippen LogP contribution >= 0.6 is 0 Å². The maximum atomic E-state index is 13.6. The number of hydrogen-bond donors (Lipinski definition) is 1. The third kappa shape index (κ3) is 4.15. The molecule has 3 aromatic rings. The molecule has 0 spiro atoms. The van der Waals surface area contributed by atoms with E-state index in [4.69, 9.17) is 0 Å². The van der Waals surface area contributed by atoms with Crippen molar-refractivity contribution in [3.8, 4) is 11.4 Å². The number of halogens is 3. The van der Waals surface area contributed by atoms with Crippen LogP contribution in [0.5, 0.6) is 0 Å². The standard InChI is InChI=1S/C24H22F3N5O/c1-14-5-7-17(22(30-14)18-4-2-3-9-28-18)23(33)32-13-15-10-19(20(32)11-15)31-21-8-6-16(12-29-21)24(25,26)27/h2-9,12,15,19-20H,10-11,13H2,1H3,(H,29,31)/t15-,19+,20-/m0/s1. The minimum Gasteiger partial charge on any atom is -0.365 e. The molecule has 1 saturated carbocycles. The topological polar surface area (TPSA) is 71.0 Å². The smallest absolute Gasteiger partial charge is 0.365 e. The van der Waals surface area contributed by atoms with Crippen molar-refractivity contribution in [2.75, 3.05) is 11.9 Å². The average Bonchev–Trinajstić information content (AvgIpc) is 3.40. The summed E-state index contributed by atoms with van der Waals surface area (Å²) in [7, 11) is 0. The highest BCUT2D eigenvalue weighted by Crippen LogP contribution is 2.40. The van der Waals surface area contributed by atoms with Gasteiger partial charge in [-0.25, -0.2) is 4.98 Å². The summed E-state index contributed by atoms with van der Waals surface area (Å²) in [5.74, 6) is 0.601. The average molecular weight is 453 g/mol. The highest BCUT2D eigenvalue weighted by atomic mass is 19.4. The van der Waals surface area contributed by atoms with Gasteiger partial charge >= 0.3 is 6.18 Å². The van der Waals surface area contributed by atoms with Gasteiger partial charge in [0.1, 0.15) is 11.5 Å². The fraction of sp³-hybridized carbons (Fsp3) is 0.333. The molecule has 2 bridgehead atoms. The Morgan fingerprint density at radius 2 is 1.94 bits per heavy atom. The van der Waals surface area contributed by atoms with Gasteiger partial charge in [0.05, 0.1) is 22.9 Å². The second-order valence-corrected chi connectivity index (χ2v) is 8.61. The van der Waals surface area contributed by atoms with E-state index in [1.54, 1.807) is 12.3 Å². The van der Waals surface area contributed by atoms with Gasteiger partial charge in [-0.3, -0.25) is 14.8 Å². The molecule has 1 aliphatic carbocycles. The van der Waals surface area contributed by atoms with E-state index in [0.717, 1.165) is 30.8 Å². The Kier molecular flexibility index (Phi) is 5.26. The lowest BCUT2D eigenvalue weighted by Gasteiger charge is -2.34. The van der Waals surface area contributed by atoms with E-state index in [1.165, 1.54) is 6.07 Å². The fourth-order valence-electron chi connectivity index (χ4n) is 4.83. The van der Waals surface area contributed by atoms with Gasteiger partial charge < -0.3 is 10.2 Å². The summed E-state index contributed by atoms with van der Waals surface area (Å²) in [5, 5.41) is 3.24. The number of pyridine rings is 3. The number of hydrogen-bond acceptors (Lipinski definition) is 5. The Morgan fingerprint density at radius 3 is 2.61 bits per heavy atom. The number of piperidine rings is 1. The molecule has 3 aromatic heterocycles. The number of carbonyl (C=O) groups excluding carboxylic acids is 1. The van der Waals surface area contributed by atoms with Gasteiger partial charge in [-0.05, 0) is 62.1 Å². The maximum absolute atomic E-state index is 13.6. The predicted molar refractivity (Wildman–Crippen MR) is 116 cm³/mol. The first-order valence-corrected chi connectivity index (χ1v) is 10.8. The van der Waals surface area contributed by atoms with Crippen LogP contribution in [-0.4, -0.2) is 44.4 Å². The van der Waals surface area contributed by atoms with E-state index >= 15 is 0 Å².